The van der Waals surface area contributed by atoms with Crippen LogP contribution in [-0.2, 0) is 22.5 Å². The number of aromatic nitrogens is 5. The van der Waals surface area contributed by atoms with E-state index in [2.05, 4.69) is 32.3 Å². The molecule has 3 aliphatic heterocycles. The maximum Gasteiger partial charge on any atom is 0.410 e. The molecule has 1 spiro atoms. The van der Waals surface area contributed by atoms with E-state index in [9.17, 15) is 14.0 Å². The Hall–Kier alpha value is -4.20. The fourth-order valence-electron chi connectivity index (χ4n) is 7.57. The molecule has 2 atom stereocenters. The molecule has 0 radical (unpaired) electrons. The molecule has 0 saturated carbocycles. The standard InChI is InChI=1S/C36H37Cl2FN8O3S/c1-35(2,3)50-34(49)46-18-36(19-46)9-4-11-44(17-36)23-7-5-21(6-8-23)24-14-26(37)25-16-47(43-29(25)28(24)38)31(32(48)42-33-40-10-12-51-33)30-27-13-22(39)15-45(27)20-41-30/h5-8,10,12,14,16,20,22,31H,4,9,11,13,15,17-19H2,1-3H3,(H,40,42,48). The first-order valence-electron chi connectivity index (χ1n) is 16.9. The van der Waals surface area contributed by atoms with E-state index in [0.717, 1.165) is 37.2 Å². The van der Waals surface area contributed by atoms with Crippen LogP contribution in [0.1, 0.15) is 51.0 Å². The summed E-state index contributed by atoms with van der Waals surface area (Å²) in [4.78, 5) is 39.3. The first-order chi connectivity index (χ1) is 24.4. The molecule has 8 rings (SSSR count). The van der Waals surface area contributed by atoms with Crippen LogP contribution in [0, 0.1) is 5.41 Å². The van der Waals surface area contributed by atoms with Crippen molar-refractivity contribution in [1.29, 1.82) is 0 Å². The van der Waals surface area contributed by atoms with Crippen LogP contribution in [0.3, 0.4) is 0 Å². The number of imidazole rings is 1. The Morgan fingerprint density at radius 1 is 1.14 bits per heavy atom. The molecule has 3 aromatic heterocycles. The third-order valence-electron chi connectivity index (χ3n) is 9.84. The number of hydrogen-bond donors (Lipinski definition) is 1. The second kappa shape index (κ2) is 12.8. The number of nitrogens with one attached hydrogen (secondary N) is 1. The SMILES string of the molecule is CC(C)(C)OC(=O)N1CC2(CCCN(c3ccc(-c4cc(Cl)c5cn(C(C(=O)Nc6nccs6)c6ncn7c6CC(F)C7)nc5c4Cl)cc3)C2)C1. The van der Waals surface area contributed by atoms with Gasteiger partial charge in [-0.3, -0.25) is 14.8 Å². The van der Waals surface area contributed by atoms with Gasteiger partial charge < -0.3 is 19.1 Å². The van der Waals surface area contributed by atoms with Crippen molar-refractivity contribution >= 4 is 68.3 Å². The maximum absolute atomic E-state index is 14.4. The third-order valence-corrected chi connectivity index (χ3v) is 11.2. The topological polar surface area (TPSA) is 110 Å². The molecule has 266 valence electrons. The number of ether oxygens (including phenoxy) is 1. The van der Waals surface area contributed by atoms with Gasteiger partial charge >= 0.3 is 6.09 Å². The molecule has 2 amide bonds. The Balaban J connectivity index is 1.05. The van der Waals surface area contributed by atoms with Crippen LogP contribution in [0.4, 0.5) is 20.0 Å². The first-order valence-corrected chi connectivity index (χ1v) is 18.6. The molecule has 11 nitrogen and oxygen atoms in total. The van der Waals surface area contributed by atoms with Crippen LogP contribution in [0.5, 0.6) is 0 Å². The number of nitrogens with zero attached hydrogens (tertiary/aromatic N) is 7. The number of alkyl halides is 1. The lowest BCUT2D eigenvalue weighted by atomic mass is 9.73. The molecule has 5 aromatic rings. The van der Waals surface area contributed by atoms with Crippen molar-refractivity contribution in [1.82, 2.24) is 29.2 Å². The van der Waals surface area contributed by atoms with Gasteiger partial charge in [0.25, 0.3) is 5.91 Å². The predicted molar refractivity (Wildman–Crippen MR) is 197 cm³/mol. The van der Waals surface area contributed by atoms with Gasteiger partial charge in [-0.25, -0.2) is 19.2 Å². The van der Waals surface area contributed by atoms with Crippen molar-refractivity contribution in [2.24, 2.45) is 5.41 Å². The highest BCUT2D eigenvalue weighted by Crippen LogP contribution is 2.43. The zero-order valence-electron chi connectivity index (χ0n) is 28.4. The second-order valence-corrected chi connectivity index (χ2v) is 16.4. The van der Waals surface area contributed by atoms with Gasteiger partial charge in [0.15, 0.2) is 11.2 Å². The van der Waals surface area contributed by atoms with E-state index in [-0.39, 0.29) is 24.5 Å². The number of hydrogen-bond acceptors (Lipinski definition) is 8. The van der Waals surface area contributed by atoms with E-state index in [0.29, 0.717) is 56.1 Å². The van der Waals surface area contributed by atoms with Crippen molar-refractivity contribution in [3.63, 3.8) is 0 Å². The number of likely N-dealkylation sites (tertiary alicyclic amines) is 1. The van der Waals surface area contributed by atoms with Crippen LogP contribution < -0.4 is 10.2 Å². The van der Waals surface area contributed by atoms with E-state index < -0.39 is 23.7 Å². The van der Waals surface area contributed by atoms with Gasteiger partial charge in [-0.15, -0.1) is 11.3 Å². The van der Waals surface area contributed by atoms with Gasteiger partial charge in [-0.2, -0.15) is 5.10 Å². The van der Waals surface area contributed by atoms with Crippen LogP contribution >= 0.6 is 34.5 Å². The first kappa shape index (κ1) is 33.9. The van der Waals surface area contributed by atoms with Crippen LogP contribution in [-0.4, -0.2) is 79.2 Å². The molecule has 2 aromatic carbocycles. The van der Waals surface area contributed by atoms with Crippen molar-refractivity contribution in [3.8, 4) is 11.1 Å². The normalized spacial score (nSPS) is 18.9. The summed E-state index contributed by atoms with van der Waals surface area (Å²) in [5, 5.41) is 11.3. The summed E-state index contributed by atoms with van der Waals surface area (Å²) in [6.07, 6.45) is 5.83. The summed E-state index contributed by atoms with van der Waals surface area (Å²) in [7, 11) is 0. The Kier molecular flexibility index (Phi) is 8.50. The quantitative estimate of drug-likeness (QED) is 0.190. The summed E-state index contributed by atoms with van der Waals surface area (Å²) in [6.45, 7) is 9.05. The summed E-state index contributed by atoms with van der Waals surface area (Å²) < 4.78 is 23.2. The summed E-state index contributed by atoms with van der Waals surface area (Å²) in [6, 6.07) is 9.02. The van der Waals surface area contributed by atoms with Crippen LogP contribution in [0.2, 0.25) is 10.0 Å². The second-order valence-electron chi connectivity index (χ2n) is 14.8. The molecule has 15 heteroatoms. The Bertz CT molecular complexity index is 2120. The maximum atomic E-state index is 14.4. The van der Waals surface area contributed by atoms with Gasteiger partial charge in [0.1, 0.15) is 17.3 Å². The summed E-state index contributed by atoms with van der Waals surface area (Å²) in [5.74, 6) is -0.413. The van der Waals surface area contributed by atoms with E-state index in [1.165, 1.54) is 16.0 Å². The number of fused-ring (bicyclic) bond motifs is 2. The molecule has 2 saturated heterocycles. The fraction of sp³-hybridized carbons (Fsp3) is 0.417. The Morgan fingerprint density at radius 2 is 1.92 bits per heavy atom. The zero-order chi connectivity index (χ0) is 35.7. The highest BCUT2D eigenvalue weighted by molar-refractivity contribution is 7.13. The van der Waals surface area contributed by atoms with E-state index in [1.807, 2.05) is 39.0 Å². The summed E-state index contributed by atoms with van der Waals surface area (Å²) >= 11 is 15.2. The molecule has 6 heterocycles. The van der Waals surface area contributed by atoms with Gasteiger partial charge in [-0.1, -0.05) is 35.3 Å². The lowest BCUT2D eigenvalue weighted by molar-refractivity contribution is -0.118. The molecular weight excluding hydrogens is 714 g/mol. The molecule has 3 aliphatic rings. The van der Waals surface area contributed by atoms with E-state index in [4.69, 9.17) is 33.0 Å². The minimum Gasteiger partial charge on any atom is -0.444 e. The number of halogens is 3. The van der Waals surface area contributed by atoms with Crippen molar-refractivity contribution < 1.29 is 18.7 Å². The molecule has 0 aliphatic carbocycles. The minimum atomic E-state index is -1.05. The molecular formula is C36H37Cl2FN8O3S. The average molecular weight is 752 g/mol. The lowest BCUT2D eigenvalue weighted by Crippen LogP contribution is -2.64. The largest absolute Gasteiger partial charge is 0.444 e. The number of piperidine rings is 1. The van der Waals surface area contributed by atoms with E-state index >= 15 is 0 Å². The highest BCUT2D eigenvalue weighted by atomic mass is 35.5. The molecule has 1 N–H and O–H groups in total. The van der Waals surface area contributed by atoms with E-state index in [1.54, 1.807) is 33.6 Å². The number of rotatable bonds is 6. The molecule has 0 bridgehead atoms. The smallest absolute Gasteiger partial charge is 0.410 e. The Morgan fingerprint density at radius 3 is 2.65 bits per heavy atom. The van der Waals surface area contributed by atoms with Gasteiger partial charge in [0, 0.05) is 78.1 Å². The number of thiazole rings is 1. The fourth-order valence-corrected chi connectivity index (χ4v) is 8.65. The minimum absolute atomic E-state index is 0.0633. The molecule has 2 unspecified atom stereocenters. The third kappa shape index (κ3) is 6.44. The van der Waals surface area contributed by atoms with Crippen molar-refractivity contribution in [2.75, 3.05) is 36.4 Å². The average Bonchev–Trinajstić information content (AvgIpc) is 3.88. The van der Waals surface area contributed by atoms with Gasteiger partial charge in [0.2, 0.25) is 0 Å². The van der Waals surface area contributed by atoms with Crippen molar-refractivity contribution in [2.45, 2.75) is 64.4 Å². The molecule has 51 heavy (non-hydrogen) atoms. The van der Waals surface area contributed by atoms with Crippen LogP contribution in [0.25, 0.3) is 22.0 Å². The Labute approximate surface area is 308 Å². The number of carbonyl (C=O) groups is 2. The van der Waals surface area contributed by atoms with Crippen LogP contribution in [0.15, 0.2) is 54.4 Å². The van der Waals surface area contributed by atoms with Gasteiger partial charge in [-0.05, 0) is 57.4 Å². The number of benzene rings is 2. The highest BCUT2D eigenvalue weighted by Gasteiger charge is 2.48. The zero-order valence-corrected chi connectivity index (χ0v) is 30.7. The number of carbonyl (C=O) groups excluding carboxylic acids is 2. The van der Waals surface area contributed by atoms with Gasteiger partial charge in [0.05, 0.1) is 28.6 Å². The summed E-state index contributed by atoms with van der Waals surface area (Å²) in [5.41, 5.74) is 3.72. The molecule has 2 fully saturated rings. The monoisotopic (exact) mass is 750 g/mol. The number of anilines is 2. The van der Waals surface area contributed by atoms with Crippen molar-refractivity contribution in [3.05, 3.63) is 75.9 Å². The lowest BCUT2D eigenvalue weighted by Gasteiger charge is -2.54. The predicted octanol–water partition coefficient (Wildman–Crippen LogP) is 7.62. The number of amides is 2.